The van der Waals surface area contributed by atoms with E-state index in [0.29, 0.717) is 5.75 Å². The fourth-order valence-electron chi connectivity index (χ4n) is 0.332. The summed E-state index contributed by atoms with van der Waals surface area (Å²) in [5.41, 5.74) is 0. The minimum Gasteiger partial charge on any atom is -0.503 e. The van der Waals surface area contributed by atoms with Crippen molar-refractivity contribution < 1.29 is 34.0 Å². The van der Waals surface area contributed by atoms with Gasteiger partial charge in [-0.15, -0.1) is 10.2 Å². The van der Waals surface area contributed by atoms with Gasteiger partial charge in [0.1, 0.15) is 0 Å². The van der Waals surface area contributed by atoms with Crippen molar-refractivity contribution in [1.82, 2.24) is 0 Å². The molecule has 0 aliphatic heterocycles. The Bertz CT molecular complexity index is 205. The minimum atomic E-state index is -4.94. The molecule has 0 unspecified atom stereocenters. The van der Waals surface area contributed by atoms with Gasteiger partial charge >= 0.3 is 0 Å². The first-order valence-electron chi connectivity index (χ1n) is 2.56. The quantitative estimate of drug-likeness (QED) is 0.460. The van der Waals surface area contributed by atoms with Crippen molar-refractivity contribution in [2.75, 3.05) is 0 Å². The third-order valence-corrected chi connectivity index (χ3v) is 1.30. The predicted molar refractivity (Wildman–Crippen MR) is 30.4 cm³/mol. The van der Waals surface area contributed by atoms with Gasteiger partial charge in [-0.1, -0.05) is 0 Å². The van der Waals surface area contributed by atoms with Crippen molar-refractivity contribution in [2.45, 2.75) is 0 Å². The number of rotatable bonds is 0. The zero-order valence-electron chi connectivity index (χ0n) is 5.68. The maximum Gasteiger partial charge on any atom is 0.237 e. The molecule has 1 heterocycles. The lowest BCUT2D eigenvalue weighted by molar-refractivity contribution is -2.00. The van der Waals surface area contributed by atoms with E-state index in [4.69, 9.17) is 23.7 Å². The minimum absolute atomic E-state index is 0.340. The average Bonchev–Trinajstić information content (AvgIpc) is 1.85. The molecule has 1 aromatic heterocycles. The van der Waals surface area contributed by atoms with Gasteiger partial charge in [0.15, 0.2) is 11.1 Å². The first kappa shape index (κ1) is 11.5. The zero-order chi connectivity index (χ0) is 9.61. The second-order valence-electron chi connectivity index (χ2n) is 1.55. The number of hydrogen-bond acceptors (Lipinski definition) is 5. The molecule has 68 valence electrons. The zero-order valence-corrected chi connectivity index (χ0v) is 7.25. The summed E-state index contributed by atoms with van der Waals surface area (Å²) in [6.07, 6.45) is 0. The van der Waals surface area contributed by atoms with Crippen molar-refractivity contribution in [3.8, 4) is 5.75 Å². The fraction of sp³-hybridized carbons (Fsp3) is 0. The lowest BCUT2D eigenvalue weighted by Crippen LogP contribution is -2.68. The van der Waals surface area contributed by atoms with Gasteiger partial charge in [0.05, 0.1) is 0 Å². The lowest BCUT2D eigenvalue weighted by atomic mass is 10.5. The molecule has 0 aromatic carbocycles. The highest BCUT2D eigenvalue weighted by atomic mass is 35.7. The monoisotopic (exact) mass is 212 g/mol. The summed E-state index contributed by atoms with van der Waals surface area (Å²) in [5, 5.41) is 12.2. The second kappa shape index (κ2) is 5.20. The van der Waals surface area contributed by atoms with Crippen LogP contribution in [0.15, 0.2) is 22.9 Å². The molecule has 0 fully saturated rings. The van der Waals surface area contributed by atoms with Gasteiger partial charge in [0.25, 0.3) is 0 Å². The van der Waals surface area contributed by atoms with E-state index in [9.17, 15) is 0 Å². The van der Waals surface area contributed by atoms with Crippen molar-refractivity contribution in [3.05, 3.63) is 22.9 Å². The summed E-state index contributed by atoms with van der Waals surface area (Å²) in [5.74, 6) is 0.340. The predicted octanol–water partition coefficient (Wildman–Crippen LogP) is -3.02. The van der Waals surface area contributed by atoms with Crippen molar-refractivity contribution >= 4 is 11.3 Å². The Morgan fingerprint density at radius 3 is 1.92 bits per heavy atom. The van der Waals surface area contributed by atoms with Crippen molar-refractivity contribution in [1.29, 1.82) is 0 Å². The van der Waals surface area contributed by atoms with Gasteiger partial charge in [-0.2, -0.15) is 0 Å². The molecule has 0 aliphatic rings. The highest BCUT2D eigenvalue weighted by Crippen LogP contribution is 2.08. The van der Waals surface area contributed by atoms with Crippen LogP contribution in [0.2, 0.25) is 0 Å². The van der Waals surface area contributed by atoms with Crippen LogP contribution in [0, 0.1) is 10.2 Å². The molecule has 5 nitrogen and oxygen atoms in total. The fourth-order valence-corrected chi connectivity index (χ4v) is 0.797. The van der Waals surface area contributed by atoms with Crippen LogP contribution < -0.4 is 18.6 Å². The molecule has 7 heteroatoms. The smallest absolute Gasteiger partial charge is 0.237 e. The van der Waals surface area contributed by atoms with E-state index >= 15 is 0 Å². The third-order valence-electron chi connectivity index (χ3n) is 0.613. The Morgan fingerprint density at radius 1 is 1.25 bits per heavy atom. The first-order chi connectivity index (χ1) is 5.39. The molecule has 0 saturated carbocycles. The van der Waals surface area contributed by atoms with E-state index in [1.54, 1.807) is 17.5 Å². The third kappa shape index (κ3) is 12.2. The topological polar surface area (TPSA) is 112 Å². The molecule has 0 atom stereocenters. The maximum absolute atomic E-state index is 8.64. The van der Waals surface area contributed by atoms with Gasteiger partial charge in [-0.25, -0.2) is 18.6 Å². The Labute approximate surface area is 74.5 Å². The normalized spacial score (nSPS) is 10.0. The number of hydrogen-bond donors (Lipinski definition) is 1. The highest BCUT2D eigenvalue weighted by molar-refractivity contribution is 7.07. The largest absolute Gasteiger partial charge is 0.503 e. The van der Waals surface area contributed by atoms with Crippen LogP contribution in [0.1, 0.15) is 0 Å². The van der Waals surface area contributed by atoms with Crippen LogP contribution in [0.25, 0.3) is 0 Å². The van der Waals surface area contributed by atoms with Gasteiger partial charge in [-0.3, -0.25) is 0 Å². The van der Waals surface area contributed by atoms with E-state index in [-0.39, 0.29) is 0 Å². The summed E-state index contributed by atoms with van der Waals surface area (Å²) in [6.45, 7) is 0. The molecule has 1 rings (SSSR count). The standard InChI is InChI=1S/C5H4OS.ClHO4/c6-5-2-1-3-7-4-5;2-1(3,4)5/h1-4H;(H,2,3,4,5). The van der Waals surface area contributed by atoms with Crippen molar-refractivity contribution in [2.24, 2.45) is 0 Å². The van der Waals surface area contributed by atoms with Gasteiger partial charge in [-0.05, 0) is 12.1 Å². The molecule has 0 bridgehead atoms. The molecule has 0 spiro atoms. The van der Waals surface area contributed by atoms with Crippen molar-refractivity contribution in [3.63, 3.8) is 0 Å². The molecule has 0 aliphatic carbocycles. The molecule has 0 saturated heterocycles. The van der Waals surface area contributed by atoms with E-state index < -0.39 is 10.2 Å². The van der Waals surface area contributed by atoms with Crippen LogP contribution in [-0.4, -0.2) is 5.11 Å². The second-order valence-corrected chi connectivity index (χ2v) is 3.09. The van der Waals surface area contributed by atoms with Crippen LogP contribution in [-0.2, 0) is 0 Å². The Balaban J connectivity index is 0.000000217. The SMILES string of the molecule is Oc1ccc[s+]c1.[O-][Cl+3]([O-])([O-])[O-]. The van der Waals surface area contributed by atoms with Crippen LogP contribution >= 0.6 is 11.3 Å². The van der Waals surface area contributed by atoms with Crippen LogP contribution in [0.4, 0.5) is 0 Å². The molecule has 12 heavy (non-hydrogen) atoms. The Hall–Kier alpha value is -0.500. The lowest BCUT2D eigenvalue weighted by Gasteiger charge is -2.17. The van der Waals surface area contributed by atoms with Crippen LogP contribution in [0.3, 0.4) is 0 Å². The van der Waals surface area contributed by atoms with Gasteiger partial charge in [0, 0.05) is 0 Å². The summed E-state index contributed by atoms with van der Waals surface area (Å²) in [4.78, 5) is 0. The molecule has 1 N–H and O–H groups in total. The average molecular weight is 213 g/mol. The molecular formula is C5H5ClO5S. The van der Waals surface area contributed by atoms with Crippen LogP contribution in [0.5, 0.6) is 5.75 Å². The summed E-state index contributed by atoms with van der Waals surface area (Å²) >= 11 is 1.48. The van der Waals surface area contributed by atoms with Gasteiger partial charge in [0.2, 0.25) is 16.7 Å². The summed E-state index contributed by atoms with van der Waals surface area (Å²) < 4.78 is 34.0. The molecule has 0 amide bonds. The van der Waals surface area contributed by atoms with E-state index in [1.807, 2.05) is 5.38 Å². The molecule has 0 radical (unpaired) electrons. The number of halogens is 1. The highest BCUT2D eigenvalue weighted by Gasteiger charge is 1.88. The first-order valence-corrected chi connectivity index (χ1v) is 4.73. The Kier molecular flexibility index (Phi) is 4.98. The Morgan fingerprint density at radius 2 is 1.75 bits per heavy atom. The summed E-state index contributed by atoms with van der Waals surface area (Å²) in [6, 6.07) is 3.45. The number of aromatic hydroxyl groups is 1. The van der Waals surface area contributed by atoms with E-state index in [0.717, 1.165) is 0 Å². The molecule has 1 aromatic rings. The molecular weight excluding hydrogens is 208 g/mol. The summed E-state index contributed by atoms with van der Waals surface area (Å²) in [7, 11) is -4.94. The van der Waals surface area contributed by atoms with E-state index in [2.05, 4.69) is 0 Å². The van der Waals surface area contributed by atoms with E-state index in [1.165, 1.54) is 11.3 Å². The van der Waals surface area contributed by atoms with Gasteiger partial charge < -0.3 is 5.11 Å². The maximum atomic E-state index is 8.64.